The molecule has 10 nitrogen and oxygen atoms in total. The minimum atomic E-state index is -0.0303. The van der Waals surface area contributed by atoms with Gasteiger partial charge in [0.05, 0.1) is 13.7 Å². The molecule has 1 saturated carbocycles. The number of aryl methyl sites for hydroxylation is 1. The molecule has 224 valence electrons. The number of aromatic nitrogens is 2. The van der Waals surface area contributed by atoms with Crippen molar-refractivity contribution in [2.45, 2.75) is 64.5 Å². The maximum atomic E-state index is 13.8. The van der Waals surface area contributed by atoms with Gasteiger partial charge in [-0.05, 0) is 76.0 Å². The number of aromatic amines is 1. The van der Waals surface area contributed by atoms with Gasteiger partial charge < -0.3 is 29.3 Å². The smallest absolute Gasteiger partial charge is 0.274 e. The molecule has 0 bridgehead atoms. The van der Waals surface area contributed by atoms with Gasteiger partial charge in [0.1, 0.15) is 0 Å². The SMILES string of the molecule is COCCCOc1cc(C(=O)N(C[C@H]2CNC[C@H]2CN(C(=O)c2n[nH]c3c2CCC3)C2CC2)C(C)C)ccc1OC. The van der Waals surface area contributed by atoms with E-state index in [2.05, 4.69) is 34.3 Å². The summed E-state index contributed by atoms with van der Waals surface area (Å²) in [5.41, 5.74) is 3.43. The fourth-order valence-corrected chi connectivity index (χ4v) is 6.14. The monoisotopic (exact) mass is 567 g/mol. The van der Waals surface area contributed by atoms with Crippen LogP contribution >= 0.6 is 0 Å². The Bertz CT molecular complexity index is 1210. The molecule has 10 heteroatoms. The summed E-state index contributed by atoms with van der Waals surface area (Å²) in [6.07, 6.45) is 5.82. The summed E-state index contributed by atoms with van der Waals surface area (Å²) in [5, 5.41) is 11.1. The first-order valence-electron chi connectivity index (χ1n) is 15.1. The zero-order valence-corrected chi connectivity index (χ0v) is 24.9. The number of nitrogens with zero attached hydrogens (tertiary/aromatic N) is 3. The number of H-pyrrole nitrogens is 1. The zero-order chi connectivity index (χ0) is 28.9. The maximum absolute atomic E-state index is 13.8. The molecule has 2 fully saturated rings. The van der Waals surface area contributed by atoms with Crippen molar-refractivity contribution in [2.24, 2.45) is 11.8 Å². The maximum Gasteiger partial charge on any atom is 0.274 e. The van der Waals surface area contributed by atoms with Gasteiger partial charge in [-0.2, -0.15) is 5.10 Å². The first kappa shape index (κ1) is 29.4. The summed E-state index contributed by atoms with van der Waals surface area (Å²) < 4.78 is 16.5. The van der Waals surface area contributed by atoms with Crippen LogP contribution in [0.5, 0.6) is 11.5 Å². The van der Waals surface area contributed by atoms with Gasteiger partial charge in [-0.15, -0.1) is 0 Å². The number of rotatable bonds is 14. The molecular weight excluding hydrogens is 522 g/mol. The van der Waals surface area contributed by atoms with Crippen LogP contribution in [0.2, 0.25) is 0 Å². The van der Waals surface area contributed by atoms with Crippen LogP contribution < -0.4 is 14.8 Å². The van der Waals surface area contributed by atoms with Crippen molar-refractivity contribution in [3.8, 4) is 11.5 Å². The molecule has 1 aromatic heterocycles. The largest absolute Gasteiger partial charge is 0.493 e. The molecule has 2 heterocycles. The van der Waals surface area contributed by atoms with Gasteiger partial charge in [0, 0.05) is 75.2 Å². The van der Waals surface area contributed by atoms with Crippen LogP contribution in [0.4, 0.5) is 0 Å². The zero-order valence-electron chi connectivity index (χ0n) is 24.9. The van der Waals surface area contributed by atoms with Crippen molar-refractivity contribution in [2.75, 3.05) is 53.6 Å². The molecule has 2 atom stereocenters. The minimum Gasteiger partial charge on any atom is -0.493 e. The Balaban J connectivity index is 1.27. The van der Waals surface area contributed by atoms with Crippen LogP contribution in [-0.4, -0.2) is 97.5 Å². The lowest BCUT2D eigenvalue weighted by molar-refractivity contribution is 0.0610. The van der Waals surface area contributed by atoms with E-state index in [1.165, 1.54) is 0 Å². The first-order chi connectivity index (χ1) is 19.9. The predicted molar refractivity (Wildman–Crippen MR) is 156 cm³/mol. The number of carbonyl (C=O) groups is 2. The number of nitrogens with one attached hydrogen (secondary N) is 2. The summed E-state index contributed by atoms with van der Waals surface area (Å²) in [6, 6.07) is 5.69. The second-order valence-corrected chi connectivity index (χ2v) is 11.9. The van der Waals surface area contributed by atoms with Crippen molar-refractivity contribution in [1.82, 2.24) is 25.3 Å². The molecule has 1 aromatic carbocycles. The van der Waals surface area contributed by atoms with Gasteiger partial charge in [0.15, 0.2) is 17.2 Å². The molecule has 2 aromatic rings. The summed E-state index contributed by atoms with van der Waals surface area (Å²) in [7, 11) is 3.26. The van der Waals surface area contributed by atoms with Crippen molar-refractivity contribution in [3.63, 3.8) is 0 Å². The molecule has 2 amide bonds. The summed E-state index contributed by atoms with van der Waals surface area (Å²) >= 11 is 0. The van der Waals surface area contributed by atoms with Crippen LogP contribution in [0, 0.1) is 11.8 Å². The Kier molecular flexibility index (Phi) is 9.49. The summed E-state index contributed by atoms with van der Waals surface area (Å²) in [5.74, 6) is 1.69. The Morgan fingerprint density at radius 1 is 1.02 bits per heavy atom. The van der Waals surface area contributed by atoms with Crippen LogP contribution in [0.3, 0.4) is 0 Å². The van der Waals surface area contributed by atoms with Crippen molar-refractivity contribution in [3.05, 3.63) is 40.7 Å². The van der Waals surface area contributed by atoms with Gasteiger partial charge in [0.2, 0.25) is 0 Å². The molecule has 0 unspecified atom stereocenters. The second kappa shape index (κ2) is 13.2. The number of ether oxygens (including phenoxy) is 3. The molecule has 0 spiro atoms. The molecule has 1 saturated heterocycles. The van der Waals surface area contributed by atoms with Gasteiger partial charge in [-0.25, -0.2) is 0 Å². The Morgan fingerprint density at radius 3 is 2.51 bits per heavy atom. The third-order valence-corrected chi connectivity index (χ3v) is 8.64. The minimum absolute atomic E-state index is 0.0183. The topological polar surface area (TPSA) is 109 Å². The highest BCUT2D eigenvalue weighted by Crippen LogP contribution is 2.34. The average Bonchev–Trinajstić information content (AvgIpc) is 3.34. The van der Waals surface area contributed by atoms with Crippen molar-refractivity contribution >= 4 is 11.8 Å². The molecule has 5 rings (SSSR count). The first-order valence-corrected chi connectivity index (χ1v) is 15.1. The number of benzene rings is 1. The van der Waals surface area contributed by atoms with E-state index < -0.39 is 0 Å². The number of methoxy groups -OCH3 is 2. The Labute approximate surface area is 243 Å². The number of amides is 2. The van der Waals surface area contributed by atoms with Crippen LogP contribution in [0.1, 0.15) is 71.6 Å². The third kappa shape index (κ3) is 6.70. The number of hydrogen-bond acceptors (Lipinski definition) is 7. The normalized spacial score (nSPS) is 19.8. The number of hydrogen-bond donors (Lipinski definition) is 2. The molecule has 2 N–H and O–H groups in total. The fourth-order valence-electron chi connectivity index (χ4n) is 6.14. The lowest BCUT2D eigenvalue weighted by atomic mass is 9.93. The number of carbonyl (C=O) groups excluding carboxylic acids is 2. The predicted octanol–water partition coefficient (Wildman–Crippen LogP) is 3.31. The molecule has 41 heavy (non-hydrogen) atoms. The van der Waals surface area contributed by atoms with Gasteiger partial charge in [-0.3, -0.25) is 14.7 Å². The highest BCUT2D eigenvalue weighted by molar-refractivity contribution is 5.95. The van der Waals surface area contributed by atoms with Crippen LogP contribution in [0.15, 0.2) is 18.2 Å². The Hall–Kier alpha value is -3.11. The standard InChI is InChI=1S/C31H45N5O5/c1-20(2)35(30(37)21-9-12-27(40-4)28(15-21)41-14-6-13-39-3)18-22-16-32-17-23(22)19-36(24-10-11-24)31(38)29-25-7-5-8-26(25)33-34-29/h9,12,15,20,22-24,32H,5-8,10-11,13-14,16-19H2,1-4H3,(H,33,34)/t22-,23+/m1/s1. The number of fused-ring (bicyclic) bond motifs is 1. The van der Waals surface area contributed by atoms with E-state index in [0.29, 0.717) is 55.1 Å². The average molecular weight is 568 g/mol. The lowest BCUT2D eigenvalue weighted by Gasteiger charge is -2.33. The summed E-state index contributed by atoms with van der Waals surface area (Å²) in [6.45, 7) is 8.15. The second-order valence-electron chi connectivity index (χ2n) is 11.9. The molecule has 0 radical (unpaired) electrons. The van der Waals surface area contributed by atoms with E-state index in [9.17, 15) is 9.59 Å². The highest BCUT2D eigenvalue weighted by Gasteiger charge is 2.40. The van der Waals surface area contributed by atoms with E-state index in [1.807, 2.05) is 4.90 Å². The lowest BCUT2D eigenvalue weighted by Crippen LogP contribution is -2.45. The molecule has 2 aliphatic carbocycles. The Morgan fingerprint density at radius 2 is 1.80 bits per heavy atom. The quantitative estimate of drug-likeness (QED) is 0.337. The van der Waals surface area contributed by atoms with Crippen molar-refractivity contribution in [1.29, 1.82) is 0 Å². The van der Waals surface area contributed by atoms with Gasteiger partial charge in [0.25, 0.3) is 11.8 Å². The van der Waals surface area contributed by atoms with E-state index >= 15 is 0 Å². The fraction of sp³-hybridized carbons (Fsp3) is 0.645. The van der Waals surface area contributed by atoms with E-state index in [4.69, 9.17) is 14.2 Å². The van der Waals surface area contributed by atoms with Gasteiger partial charge >= 0.3 is 0 Å². The van der Waals surface area contributed by atoms with Crippen LogP contribution in [-0.2, 0) is 17.6 Å². The third-order valence-electron chi connectivity index (χ3n) is 8.64. The van der Waals surface area contributed by atoms with E-state index in [0.717, 1.165) is 62.9 Å². The van der Waals surface area contributed by atoms with E-state index in [-0.39, 0.29) is 29.7 Å². The highest BCUT2D eigenvalue weighted by atomic mass is 16.5. The molecular formula is C31H45N5O5. The van der Waals surface area contributed by atoms with Crippen molar-refractivity contribution < 1.29 is 23.8 Å². The van der Waals surface area contributed by atoms with Crippen LogP contribution in [0.25, 0.3) is 0 Å². The van der Waals surface area contributed by atoms with E-state index in [1.54, 1.807) is 32.4 Å². The molecule has 1 aliphatic heterocycles. The van der Waals surface area contributed by atoms with Gasteiger partial charge in [-0.1, -0.05) is 0 Å². The summed E-state index contributed by atoms with van der Waals surface area (Å²) in [4.78, 5) is 31.5. The molecule has 3 aliphatic rings.